The summed E-state index contributed by atoms with van der Waals surface area (Å²) in [5.74, 6) is -1.44. The molecule has 1 amide bonds. The van der Waals surface area contributed by atoms with Crippen molar-refractivity contribution in [3.63, 3.8) is 0 Å². The summed E-state index contributed by atoms with van der Waals surface area (Å²) in [7, 11) is 1.58. The summed E-state index contributed by atoms with van der Waals surface area (Å²) in [4.78, 5) is 38.9. The lowest BCUT2D eigenvalue weighted by Gasteiger charge is -2.11. The van der Waals surface area contributed by atoms with Gasteiger partial charge in [0.25, 0.3) is 0 Å². The molecule has 0 aromatic rings. The molecule has 0 fully saturated rings. The lowest BCUT2D eigenvalue weighted by molar-refractivity contribution is -0.250. The Bertz CT molecular complexity index is 306. The van der Waals surface area contributed by atoms with E-state index in [1.165, 1.54) is 0 Å². The third kappa shape index (κ3) is 16.0. The summed E-state index contributed by atoms with van der Waals surface area (Å²) >= 11 is 0. The van der Waals surface area contributed by atoms with Crippen LogP contribution in [0.4, 0.5) is 4.79 Å². The fourth-order valence-electron chi connectivity index (χ4n) is 1.06. The van der Waals surface area contributed by atoms with Crippen molar-refractivity contribution >= 4 is 24.1 Å². The van der Waals surface area contributed by atoms with E-state index in [0.717, 1.165) is 13.2 Å². The average Bonchev–Trinajstić information content (AvgIpc) is 2.33. The van der Waals surface area contributed by atoms with Crippen molar-refractivity contribution in [1.82, 2.24) is 10.6 Å². The maximum absolute atomic E-state index is 10.5. The van der Waals surface area contributed by atoms with Gasteiger partial charge in [-0.05, 0) is 33.2 Å². The first-order chi connectivity index (χ1) is 8.84. The van der Waals surface area contributed by atoms with E-state index in [-0.39, 0.29) is 0 Å². The highest BCUT2D eigenvalue weighted by Gasteiger charge is 2.13. The van der Waals surface area contributed by atoms with E-state index in [2.05, 4.69) is 10.6 Å². The highest BCUT2D eigenvalue weighted by atomic mass is 16.4. The summed E-state index contributed by atoms with van der Waals surface area (Å²) in [6.45, 7) is 1.46. The highest BCUT2D eigenvalue weighted by molar-refractivity contribution is 6.24. The van der Waals surface area contributed by atoms with Crippen LogP contribution in [0.25, 0.3) is 0 Å². The number of Topliss-reactive ketones (excluding diaryl/α,β-unsaturated/α-hetero) is 1. The second kappa shape index (κ2) is 12.5. The number of hydrogen-bond acceptors (Lipinski definition) is 6. The van der Waals surface area contributed by atoms with Gasteiger partial charge in [-0.1, -0.05) is 0 Å². The zero-order valence-electron chi connectivity index (χ0n) is 10.9. The average molecular weight is 274 g/mol. The highest BCUT2D eigenvalue weighted by Crippen LogP contribution is 1.99. The first-order valence-corrected chi connectivity index (χ1v) is 5.58. The Kier molecular flexibility index (Phi) is 12.7. The van der Waals surface area contributed by atoms with E-state index in [0.29, 0.717) is 25.8 Å². The van der Waals surface area contributed by atoms with Crippen LogP contribution in [0.2, 0.25) is 0 Å². The molecule has 0 aliphatic carbocycles. The van der Waals surface area contributed by atoms with E-state index in [1.54, 1.807) is 7.05 Å². The topological polar surface area (TPSA) is 136 Å². The number of ketones is 1. The minimum atomic E-state index is -1.30. The zero-order valence-corrected chi connectivity index (χ0v) is 10.9. The maximum atomic E-state index is 10.5. The predicted molar refractivity (Wildman–Crippen MR) is 64.1 cm³/mol. The number of carbonyl (C=O) groups excluding carboxylic acids is 3. The van der Waals surface area contributed by atoms with Gasteiger partial charge in [0.15, 0.2) is 0 Å². The smallest absolute Gasteiger partial charge is 0.320 e. The molecule has 0 saturated carbocycles. The molecule has 0 rings (SSSR count). The standard InChI is InChI=1S/C8H16N2O4.C3H3O2/c1-9-6(7(11)12)4-2-3-5-10-8(13)14;1-3(5)2-4/h6,9-10H,2-5H2,1H3,(H,11,12)(H,13,14);1H3/q;-1/p-1. The summed E-state index contributed by atoms with van der Waals surface area (Å²) in [5.41, 5.74) is 0. The molecular formula is C11H18N2O6-2. The van der Waals surface area contributed by atoms with E-state index in [9.17, 15) is 19.5 Å². The van der Waals surface area contributed by atoms with Crippen molar-refractivity contribution in [2.45, 2.75) is 32.2 Å². The van der Waals surface area contributed by atoms with Crippen LogP contribution in [0.15, 0.2) is 0 Å². The molecule has 0 spiro atoms. The molecule has 0 heterocycles. The fourth-order valence-corrected chi connectivity index (χ4v) is 1.06. The van der Waals surface area contributed by atoms with E-state index >= 15 is 0 Å². The van der Waals surface area contributed by atoms with Crippen LogP contribution in [0, 0.1) is 0 Å². The van der Waals surface area contributed by atoms with Crippen molar-refractivity contribution in [2.75, 3.05) is 13.6 Å². The first kappa shape index (κ1) is 19.4. The van der Waals surface area contributed by atoms with Crippen LogP contribution in [-0.4, -0.2) is 48.9 Å². The Balaban J connectivity index is 0. The van der Waals surface area contributed by atoms with Crippen molar-refractivity contribution in [1.29, 1.82) is 0 Å². The van der Waals surface area contributed by atoms with E-state index in [4.69, 9.17) is 9.90 Å². The molecule has 1 unspecified atom stereocenters. The monoisotopic (exact) mass is 274 g/mol. The quantitative estimate of drug-likeness (QED) is 0.277. The Morgan fingerprint density at radius 2 is 1.84 bits per heavy atom. The molecule has 1 atom stereocenters. The number of carboxylic acids is 1. The van der Waals surface area contributed by atoms with Crippen LogP contribution in [0.3, 0.4) is 0 Å². The Morgan fingerprint density at radius 3 is 2.16 bits per heavy atom. The summed E-state index contributed by atoms with van der Waals surface area (Å²) < 4.78 is 0. The molecule has 8 heteroatoms. The number of unbranched alkanes of at least 4 members (excludes halogenated alkanes) is 1. The Hall–Kier alpha value is -1.96. The van der Waals surface area contributed by atoms with Gasteiger partial charge in [0.1, 0.15) is 12.1 Å². The fraction of sp³-hybridized carbons (Fsp3) is 0.636. The molecular weight excluding hydrogens is 256 g/mol. The predicted octanol–water partition coefficient (Wildman–Crippen LogP) is -1.55. The molecule has 19 heavy (non-hydrogen) atoms. The van der Waals surface area contributed by atoms with Crippen LogP contribution in [-0.2, 0) is 14.4 Å². The molecule has 110 valence electrons. The number of nitrogens with one attached hydrogen (secondary N) is 2. The van der Waals surface area contributed by atoms with Crippen LogP contribution < -0.4 is 15.7 Å². The van der Waals surface area contributed by atoms with Gasteiger partial charge >= 0.3 is 5.97 Å². The van der Waals surface area contributed by atoms with Gasteiger partial charge in [-0.3, -0.25) is 4.79 Å². The largest absolute Gasteiger partial charge is 0.534 e. The van der Waals surface area contributed by atoms with Crippen LogP contribution in [0.1, 0.15) is 26.2 Å². The van der Waals surface area contributed by atoms with E-state index in [1.807, 2.05) is 0 Å². The maximum Gasteiger partial charge on any atom is 0.320 e. The lowest BCUT2D eigenvalue weighted by Crippen LogP contribution is -2.37. The van der Waals surface area contributed by atoms with Crippen molar-refractivity contribution in [3.05, 3.63) is 0 Å². The molecule has 0 aromatic heterocycles. The number of hydrogen-bond donors (Lipinski definition) is 3. The molecule has 3 N–H and O–H groups in total. The summed E-state index contributed by atoms with van der Waals surface area (Å²) in [6, 6.07) is -0.557. The van der Waals surface area contributed by atoms with Crippen molar-refractivity contribution < 1.29 is 29.4 Å². The number of amides is 1. The minimum Gasteiger partial charge on any atom is -0.534 e. The number of aliphatic carboxylic acids is 1. The van der Waals surface area contributed by atoms with Gasteiger partial charge in [-0.25, -0.2) is 0 Å². The molecule has 0 aromatic carbocycles. The molecule has 0 radical (unpaired) electrons. The van der Waals surface area contributed by atoms with Crippen LogP contribution in [0.5, 0.6) is 0 Å². The van der Waals surface area contributed by atoms with E-state index < -0.39 is 23.9 Å². The second-order valence-corrected chi connectivity index (χ2v) is 3.55. The number of likely N-dealkylation sites (N-methyl/N-ethyl adjacent to an activating group) is 1. The Labute approximate surface area is 111 Å². The molecule has 0 bridgehead atoms. The SMILES string of the molecule is CC(=O)[C-]=O.CNC(CCCCNC(=O)[O-])C(=O)O. The number of carbonyl (C=O) groups is 3. The third-order valence-corrected chi connectivity index (χ3v) is 1.98. The molecule has 0 aliphatic heterocycles. The van der Waals surface area contributed by atoms with Crippen LogP contribution >= 0.6 is 0 Å². The molecule has 0 saturated heterocycles. The first-order valence-electron chi connectivity index (χ1n) is 5.58. The van der Waals surface area contributed by atoms with Gasteiger partial charge in [0.2, 0.25) is 0 Å². The number of rotatable bonds is 8. The minimum absolute atomic E-state index is 0.304. The number of carboxylic acid groups (broad SMARTS) is 2. The second-order valence-electron chi connectivity index (χ2n) is 3.55. The van der Waals surface area contributed by atoms with Crippen molar-refractivity contribution in [2.24, 2.45) is 0 Å². The van der Waals surface area contributed by atoms with Gasteiger partial charge in [0, 0.05) is 12.3 Å². The third-order valence-electron chi connectivity index (χ3n) is 1.98. The van der Waals surface area contributed by atoms with Gasteiger partial charge in [-0.2, -0.15) is 6.29 Å². The summed E-state index contributed by atoms with van der Waals surface area (Å²) in [6.07, 6.45) is 1.59. The molecule has 0 aliphatic rings. The molecule has 8 nitrogen and oxygen atoms in total. The van der Waals surface area contributed by atoms with Gasteiger partial charge < -0.3 is 35.2 Å². The normalized spacial score (nSPS) is 10.6. The lowest BCUT2D eigenvalue weighted by atomic mass is 10.1. The van der Waals surface area contributed by atoms with Crippen molar-refractivity contribution in [3.8, 4) is 0 Å². The zero-order chi connectivity index (χ0) is 15.3. The van der Waals surface area contributed by atoms with Gasteiger partial charge in [-0.15, -0.1) is 0 Å². The summed E-state index contributed by atoms with van der Waals surface area (Å²) in [5, 5.41) is 23.3. The Morgan fingerprint density at radius 1 is 1.32 bits per heavy atom. The van der Waals surface area contributed by atoms with Gasteiger partial charge in [0.05, 0.1) is 0 Å².